The Morgan fingerprint density at radius 2 is 1.50 bits per heavy atom. The Hall–Kier alpha value is -2.26. The highest BCUT2D eigenvalue weighted by Crippen LogP contribution is 2.19. The van der Waals surface area contributed by atoms with E-state index in [9.17, 15) is 0 Å². The zero-order valence-electron chi connectivity index (χ0n) is 10.6. The van der Waals surface area contributed by atoms with E-state index in [0.717, 1.165) is 11.4 Å². The van der Waals surface area contributed by atoms with Gasteiger partial charge in [-0.25, -0.2) is 0 Å². The number of benzene rings is 2. The average Bonchev–Trinajstić information content (AvgIpc) is 2.93. The van der Waals surface area contributed by atoms with Crippen molar-refractivity contribution in [1.82, 2.24) is 5.43 Å². The maximum atomic E-state index is 9.10. The molecule has 2 aromatic rings. The van der Waals surface area contributed by atoms with Crippen LogP contribution in [-0.4, -0.2) is 6.17 Å². The van der Waals surface area contributed by atoms with Crippen LogP contribution in [0.15, 0.2) is 60.7 Å². The van der Waals surface area contributed by atoms with Gasteiger partial charge in [0.2, 0.25) is 0 Å². The summed E-state index contributed by atoms with van der Waals surface area (Å²) in [7, 11) is 0. The Morgan fingerprint density at radius 3 is 2.05 bits per heavy atom. The van der Waals surface area contributed by atoms with E-state index < -0.39 is 0 Å². The van der Waals surface area contributed by atoms with Crippen LogP contribution < -0.4 is 33.5 Å². The van der Waals surface area contributed by atoms with Crippen molar-refractivity contribution in [2.24, 2.45) is 0 Å². The van der Waals surface area contributed by atoms with Gasteiger partial charge in [0, 0.05) is 0 Å². The molecule has 1 aliphatic heterocycles. The minimum absolute atomic E-state index is 0. The van der Waals surface area contributed by atoms with Gasteiger partial charge in [-0.2, -0.15) is 15.8 Å². The van der Waals surface area contributed by atoms with E-state index in [-0.39, 0.29) is 18.6 Å². The molecule has 0 aliphatic carbocycles. The van der Waals surface area contributed by atoms with E-state index in [4.69, 9.17) is 5.26 Å². The van der Waals surface area contributed by atoms with Gasteiger partial charge in [-0.15, -0.1) is 10.5 Å². The Morgan fingerprint density at radius 1 is 0.950 bits per heavy atom. The van der Waals surface area contributed by atoms with Crippen LogP contribution in [0.5, 0.6) is 0 Å². The number of nitrogens with one attached hydrogen (secondary N) is 1. The van der Waals surface area contributed by atoms with Crippen LogP contribution >= 0.6 is 0 Å². The summed E-state index contributed by atoms with van der Waals surface area (Å²) in [5.41, 5.74) is 7.01. The molecule has 1 atom stereocenters. The number of hydrazine groups is 2. The number of rotatable bonds is 2. The number of quaternary nitrogens is 1. The van der Waals surface area contributed by atoms with Crippen molar-refractivity contribution in [3.8, 4) is 6.07 Å². The van der Waals surface area contributed by atoms with Gasteiger partial charge in [0.05, 0.1) is 5.69 Å². The summed E-state index contributed by atoms with van der Waals surface area (Å²) >= 11 is 0. The summed E-state index contributed by atoms with van der Waals surface area (Å²) < 4.78 is 0. The Balaban J connectivity index is 0.00000147. The fourth-order valence-corrected chi connectivity index (χ4v) is 2.05. The third kappa shape index (κ3) is 2.68. The van der Waals surface area contributed by atoms with Crippen molar-refractivity contribution in [1.29, 1.82) is 5.26 Å². The first-order chi connectivity index (χ1) is 9.38. The predicted molar refractivity (Wildman–Crippen MR) is 72.3 cm³/mol. The van der Waals surface area contributed by atoms with Gasteiger partial charge in [-0.1, -0.05) is 36.4 Å². The lowest BCUT2D eigenvalue weighted by molar-refractivity contribution is -0.673. The molecule has 3 N–H and O–H groups in total. The zero-order chi connectivity index (χ0) is 13.1. The highest BCUT2D eigenvalue weighted by molar-refractivity contribution is 5.54. The maximum Gasteiger partial charge on any atom is 0.270 e. The zero-order valence-corrected chi connectivity index (χ0v) is 11.4. The first kappa shape index (κ1) is 14.2. The fourth-order valence-electron chi connectivity index (χ4n) is 2.05. The highest BCUT2D eigenvalue weighted by Gasteiger charge is 2.33. The third-order valence-corrected chi connectivity index (χ3v) is 2.93. The number of anilines is 2. The standard InChI is InChI=1S/C14H13N5.ClH/c15-11-14-16-18(12-7-3-1-4-8-12)19(17-14)13-9-5-2-6-10-13;/h1-10,14,16-17H;1H. The lowest BCUT2D eigenvalue weighted by atomic mass is 10.3. The minimum atomic E-state index is -0.333. The van der Waals surface area contributed by atoms with Gasteiger partial charge in [0.25, 0.3) is 6.17 Å². The summed E-state index contributed by atoms with van der Waals surface area (Å²) in [4.78, 5) is 0. The van der Waals surface area contributed by atoms with Gasteiger partial charge < -0.3 is 12.4 Å². The number of nitriles is 1. The molecule has 0 bridgehead atoms. The number of halogens is 1. The van der Waals surface area contributed by atoms with Gasteiger partial charge in [0.1, 0.15) is 11.8 Å². The first-order valence-electron chi connectivity index (χ1n) is 6.08. The molecular formula is C14H14ClN5. The second kappa shape index (κ2) is 6.26. The van der Waals surface area contributed by atoms with Crippen molar-refractivity contribution in [3.63, 3.8) is 0 Å². The van der Waals surface area contributed by atoms with Crippen molar-refractivity contribution in [2.45, 2.75) is 6.17 Å². The van der Waals surface area contributed by atoms with Crippen molar-refractivity contribution < 1.29 is 17.8 Å². The van der Waals surface area contributed by atoms with Gasteiger partial charge in [-0.05, 0) is 24.3 Å². The Kier molecular flexibility index (Phi) is 4.43. The summed E-state index contributed by atoms with van der Waals surface area (Å²) in [5.74, 6) is 0. The molecule has 1 saturated heterocycles. The van der Waals surface area contributed by atoms with E-state index in [1.807, 2.05) is 76.3 Å². The average molecular weight is 288 g/mol. The predicted octanol–water partition coefficient (Wildman–Crippen LogP) is -2.24. The molecular weight excluding hydrogens is 274 g/mol. The highest BCUT2D eigenvalue weighted by atomic mass is 35.5. The number of nitrogens with zero attached hydrogens (tertiary/aromatic N) is 3. The number of hydrogen-bond donors (Lipinski definition) is 2. The minimum Gasteiger partial charge on any atom is -1.00 e. The molecule has 2 aromatic carbocycles. The molecule has 3 rings (SSSR count). The molecule has 0 amide bonds. The molecule has 5 nitrogen and oxygen atoms in total. The normalized spacial score (nSPS) is 17.4. The fraction of sp³-hybridized carbons (Fsp3) is 0.0714. The van der Waals surface area contributed by atoms with E-state index >= 15 is 0 Å². The van der Waals surface area contributed by atoms with Crippen molar-refractivity contribution in [3.05, 3.63) is 60.7 Å². The van der Waals surface area contributed by atoms with Crippen molar-refractivity contribution in [2.75, 3.05) is 10.2 Å². The Bertz CT molecular complexity index is 536. The second-order valence-corrected chi connectivity index (χ2v) is 4.21. The van der Waals surface area contributed by atoms with Crippen LogP contribution in [0, 0.1) is 11.3 Å². The third-order valence-electron chi connectivity index (χ3n) is 2.93. The molecule has 102 valence electrons. The van der Waals surface area contributed by atoms with Crippen LogP contribution in [0.2, 0.25) is 0 Å². The monoisotopic (exact) mass is 287 g/mol. The summed E-state index contributed by atoms with van der Waals surface area (Å²) in [6.45, 7) is 0. The maximum absolute atomic E-state index is 9.10. The van der Waals surface area contributed by atoms with Gasteiger partial charge >= 0.3 is 0 Å². The smallest absolute Gasteiger partial charge is 0.270 e. The molecule has 20 heavy (non-hydrogen) atoms. The largest absolute Gasteiger partial charge is 1.00 e. The molecule has 0 radical (unpaired) electrons. The molecule has 0 spiro atoms. The molecule has 1 unspecified atom stereocenters. The summed E-state index contributed by atoms with van der Waals surface area (Å²) in [6.07, 6.45) is -0.333. The summed E-state index contributed by atoms with van der Waals surface area (Å²) in [5, 5.41) is 12.9. The van der Waals surface area contributed by atoms with E-state index in [1.54, 1.807) is 0 Å². The molecule has 1 heterocycles. The Labute approximate surface area is 123 Å². The SMILES string of the molecule is N#CC1NN(c2ccccc2)N(c2ccccc2)[NH2+]1.[Cl-]. The van der Waals surface area contributed by atoms with E-state index in [1.165, 1.54) is 0 Å². The van der Waals surface area contributed by atoms with Crippen LogP contribution in [0.25, 0.3) is 0 Å². The number of para-hydroxylation sites is 2. The quantitative estimate of drug-likeness (QED) is 0.614. The van der Waals surface area contributed by atoms with E-state index in [0.29, 0.717) is 0 Å². The lowest BCUT2D eigenvalue weighted by Crippen LogP contribution is -3.00. The van der Waals surface area contributed by atoms with Gasteiger partial charge in [0.15, 0.2) is 0 Å². The van der Waals surface area contributed by atoms with E-state index in [2.05, 4.69) is 11.5 Å². The van der Waals surface area contributed by atoms with Crippen LogP contribution in [0.1, 0.15) is 0 Å². The first-order valence-corrected chi connectivity index (χ1v) is 6.08. The number of hydrogen-bond acceptors (Lipinski definition) is 4. The number of nitrogens with two attached hydrogens (primary N) is 1. The van der Waals surface area contributed by atoms with Gasteiger partial charge in [-0.3, -0.25) is 0 Å². The second-order valence-electron chi connectivity index (χ2n) is 4.21. The lowest BCUT2D eigenvalue weighted by Gasteiger charge is -2.25. The topological polar surface area (TPSA) is 58.9 Å². The molecule has 0 saturated carbocycles. The van der Waals surface area contributed by atoms with Crippen LogP contribution in [0.3, 0.4) is 0 Å². The molecule has 1 aliphatic rings. The summed E-state index contributed by atoms with van der Waals surface area (Å²) in [6, 6.07) is 22.1. The molecule has 1 fully saturated rings. The molecule has 0 aromatic heterocycles. The van der Waals surface area contributed by atoms with Crippen molar-refractivity contribution >= 4 is 11.4 Å². The van der Waals surface area contributed by atoms with Crippen LogP contribution in [-0.2, 0) is 0 Å². The molecule has 6 heteroatoms. The van der Waals surface area contributed by atoms with Crippen LogP contribution in [0.4, 0.5) is 11.4 Å².